The number of nitrogens with zero attached hydrogens (tertiary/aromatic N) is 1. The van der Waals surface area contributed by atoms with Crippen LogP contribution in [0.15, 0.2) is 18.2 Å². The molecule has 3 rings (SSSR count). The summed E-state index contributed by atoms with van der Waals surface area (Å²) in [7, 11) is 0. The van der Waals surface area contributed by atoms with Crippen molar-refractivity contribution in [3.8, 4) is 0 Å². The van der Waals surface area contributed by atoms with Gasteiger partial charge in [0, 0.05) is 25.1 Å². The fraction of sp³-hybridized carbons (Fsp3) is 0.562. The van der Waals surface area contributed by atoms with E-state index in [-0.39, 0.29) is 11.5 Å². The van der Waals surface area contributed by atoms with Gasteiger partial charge in [-0.05, 0) is 31.4 Å². The van der Waals surface area contributed by atoms with Crippen LogP contribution in [0, 0.1) is 17.6 Å². The average Bonchev–Trinajstić information content (AvgIpc) is 2.45. The summed E-state index contributed by atoms with van der Waals surface area (Å²) in [6.45, 7) is 0.870. The molecule has 1 aliphatic carbocycles. The van der Waals surface area contributed by atoms with E-state index in [0.29, 0.717) is 19.5 Å². The predicted molar refractivity (Wildman–Crippen MR) is 73.8 cm³/mol. The number of rotatable bonds is 1. The molecule has 2 fully saturated rings. The molecule has 2 unspecified atom stereocenters. The fourth-order valence-corrected chi connectivity index (χ4v) is 3.59. The van der Waals surface area contributed by atoms with Gasteiger partial charge in [0.15, 0.2) is 0 Å². The zero-order valence-corrected chi connectivity index (χ0v) is 11.8. The number of piperidine rings is 1. The summed E-state index contributed by atoms with van der Waals surface area (Å²) in [5, 5.41) is 10.6. The minimum absolute atomic E-state index is 0.0625. The molecule has 2 atom stereocenters. The lowest BCUT2D eigenvalue weighted by molar-refractivity contribution is -0.0886. The van der Waals surface area contributed by atoms with Crippen molar-refractivity contribution in [3.05, 3.63) is 35.4 Å². The second-order valence-corrected chi connectivity index (χ2v) is 6.17. The van der Waals surface area contributed by atoms with Gasteiger partial charge in [0.05, 0.1) is 11.2 Å². The molecule has 1 amide bonds. The van der Waals surface area contributed by atoms with Crippen LogP contribution in [0.3, 0.4) is 0 Å². The van der Waals surface area contributed by atoms with Crippen molar-refractivity contribution in [3.63, 3.8) is 0 Å². The van der Waals surface area contributed by atoms with Crippen LogP contribution in [0.5, 0.6) is 0 Å². The molecule has 1 aromatic rings. The lowest BCUT2D eigenvalue weighted by Gasteiger charge is -2.47. The Morgan fingerprint density at radius 1 is 1.29 bits per heavy atom. The van der Waals surface area contributed by atoms with Gasteiger partial charge in [-0.15, -0.1) is 0 Å². The summed E-state index contributed by atoms with van der Waals surface area (Å²) in [5.41, 5.74) is -0.770. The zero-order chi connectivity index (χ0) is 15.0. The highest BCUT2D eigenvalue weighted by atomic mass is 19.1. The molecular formula is C16H19F2NO2. The number of likely N-dealkylation sites (tertiary alicyclic amines) is 1. The van der Waals surface area contributed by atoms with Crippen molar-refractivity contribution in [2.45, 2.75) is 37.7 Å². The smallest absolute Gasteiger partial charge is 0.256 e. The Labute approximate surface area is 122 Å². The van der Waals surface area contributed by atoms with Crippen molar-refractivity contribution in [1.29, 1.82) is 0 Å². The van der Waals surface area contributed by atoms with Gasteiger partial charge in [-0.1, -0.05) is 12.8 Å². The maximum atomic E-state index is 13.7. The molecule has 3 nitrogen and oxygen atoms in total. The SMILES string of the molecule is O=C(c1ccc(F)cc1F)N1CCC2(O)CCCCC2C1. The van der Waals surface area contributed by atoms with E-state index >= 15 is 0 Å². The molecule has 2 aliphatic rings. The third-order valence-corrected chi connectivity index (χ3v) is 4.88. The van der Waals surface area contributed by atoms with Gasteiger partial charge in [0.1, 0.15) is 11.6 Å². The number of amides is 1. The minimum Gasteiger partial charge on any atom is -0.389 e. The van der Waals surface area contributed by atoms with Crippen LogP contribution < -0.4 is 0 Å². The van der Waals surface area contributed by atoms with Crippen LogP contribution in [0.1, 0.15) is 42.5 Å². The second kappa shape index (κ2) is 5.37. The summed E-state index contributed by atoms with van der Waals surface area (Å²) in [5.74, 6) is -1.87. The van der Waals surface area contributed by atoms with Gasteiger partial charge in [-0.3, -0.25) is 4.79 Å². The van der Waals surface area contributed by atoms with Crippen molar-refractivity contribution >= 4 is 5.91 Å². The summed E-state index contributed by atoms with van der Waals surface area (Å²) < 4.78 is 26.7. The first kappa shape index (κ1) is 14.4. The highest BCUT2D eigenvalue weighted by molar-refractivity contribution is 5.94. The molecule has 114 valence electrons. The first-order valence-corrected chi connectivity index (χ1v) is 7.46. The molecule has 0 aromatic heterocycles. The van der Waals surface area contributed by atoms with Crippen LogP contribution in [-0.4, -0.2) is 34.6 Å². The second-order valence-electron chi connectivity index (χ2n) is 6.17. The van der Waals surface area contributed by atoms with Crippen molar-refractivity contribution < 1.29 is 18.7 Å². The highest BCUT2D eigenvalue weighted by Crippen LogP contribution is 2.40. The van der Waals surface area contributed by atoms with Gasteiger partial charge in [-0.2, -0.15) is 0 Å². The molecule has 0 radical (unpaired) electrons. The number of carbonyl (C=O) groups excluding carboxylic acids is 1. The third kappa shape index (κ3) is 2.67. The standard InChI is InChI=1S/C16H19F2NO2/c17-12-4-5-13(14(18)9-12)15(20)19-8-7-16(21)6-2-1-3-11(16)10-19/h4-5,9,11,21H,1-3,6-8,10H2. The van der Waals surface area contributed by atoms with E-state index in [1.165, 1.54) is 6.07 Å². The number of halogens is 2. The Hall–Kier alpha value is -1.49. The van der Waals surface area contributed by atoms with Crippen molar-refractivity contribution in [2.75, 3.05) is 13.1 Å². The molecule has 0 bridgehead atoms. The Morgan fingerprint density at radius 2 is 2.10 bits per heavy atom. The van der Waals surface area contributed by atoms with Gasteiger partial charge < -0.3 is 10.0 Å². The van der Waals surface area contributed by atoms with Crippen LogP contribution >= 0.6 is 0 Å². The topological polar surface area (TPSA) is 40.5 Å². The maximum absolute atomic E-state index is 13.7. The summed E-state index contributed by atoms with van der Waals surface area (Å²) in [6.07, 6.45) is 4.29. The Morgan fingerprint density at radius 3 is 2.86 bits per heavy atom. The van der Waals surface area contributed by atoms with E-state index in [9.17, 15) is 18.7 Å². The first-order chi connectivity index (χ1) is 9.99. The monoisotopic (exact) mass is 295 g/mol. The summed E-state index contributed by atoms with van der Waals surface area (Å²) in [4.78, 5) is 14.0. The number of aliphatic hydroxyl groups is 1. The number of hydrogen-bond donors (Lipinski definition) is 1. The Bertz CT molecular complexity index is 563. The number of benzene rings is 1. The van der Waals surface area contributed by atoms with E-state index in [4.69, 9.17) is 0 Å². The Kier molecular flexibility index (Phi) is 3.69. The van der Waals surface area contributed by atoms with Crippen LogP contribution in [0.2, 0.25) is 0 Å². The molecule has 5 heteroatoms. The van der Waals surface area contributed by atoms with Crippen LogP contribution in [0.25, 0.3) is 0 Å². The first-order valence-electron chi connectivity index (χ1n) is 7.46. The molecule has 21 heavy (non-hydrogen) atoms. The van der Waals surface area contributed by atoms with E-state index in [1.54, 1.807) is 4.90 Å². The predicted octanol–water partition coefficient (Wildman–Crippen LogP) is 2.73. The molecule has 1 aliphatic heterocycles. The van der Waals surface area contributed by atoms with Gasteiger partial charge in [0.2, 0.25) is 0 Å². The van der Waals surface area contributed by atoms with Crippen LogP contribution in [-0.2, 0) is 0 Å². The summed E-state index contributed by atoms with van der Waals surface area (Å²) in [6, 6.07) is 3.01. The van der Waals surface area contributed by atoms with Crippen molar-refractivity contribution in [2.24, 2.45) is 5.92 Å². The van der Waals surface area contributed by atoms with Gasteiger partial charge in [-0.25, -0.2) is 8.78 Å². The van der Waals surface area contributed by atoms with E-state index in [2.05, 4.69) is 0 Å². The quantitative estimate of drug-likeness (QED) is 0.865. The molecule has 1 aromatic carbocycles. The highest BCUT2D eigenvalue weighted by Gasteiger charge is 2.44. The lowest BCUT2D eigenvalue weighted by atomic mass is 9.71. The lowest BCUT2D eigenvalue weighted by Crippen LogP contribution is -2.54. The average molecular weight is 295 g/mol. The van der Waals surface area contributed by atoms with E-state index in [0.717, 1.165) is 37.8 Å². The van der Waals surface area contributed by atoms with Gasteiger partial charge >= 0.3 is 0 Å². The minimum atomic E-state index is -0.829. The van der Waals surface area contributed by atoms with E-state index in [1.807, 2.05) is 0 Å². The van der Waals surface area contributed by atoms with E-state index < -0.39 is 23.1 Å². The van der Waals surface area contributed by atoms with Crippen molar-refractivity contribution in [1.82, 2.24) is 4.90 Å². The number of hydrogen-bond acceptors (Lipinski definition) is 2. The third-order valence-electron chi connectivity index (χ3n) is 4.88. The van der Waals surface area contributed by atoms with Gasteiger partial charge in [0.25, 0.3) is 5.91 Å². The zero-order valence-electron chi connectivity index (χ0n) is 11.8. The molecular weight excluding hydrogens is 276 g/mol. The Balaban J connectivity index is 1.77. The molecule has 0 spiro atoms. The normalized spacial score (nSPS) is 29.1. The fourth-order valence-electron chi connectivity index (χ4n) is 3.59. The number of fused-ring (bicyclic) bond motifs is 1. The molecule has 1 saturated heterocycles. The maximum Gasteiger partial charge on any atom is 0.256 e. The van der Waals surface area contributed by atoms with Crippen LogP contribution in [0.4, 0.5) is 8.78 Å². The number of carbonyl (C=O) groups is 1. The molecule has 1 heterocycles. The largest absolute Gasteiger partial charge is 0.389 e. The molecule has 1 saturated carbocycles. The molecule has 1 N–H and O–H groups in total. The summed E-state index contributed by atoms with van der Waals surface area (Å²) >= 11 is 0.